The van der Waals surface area contributed by atoms with E-state index in [1.54, 1.807) is 12.4 Å². The molecule has 0 saturated carbocycles. The topological polar surface area (TPSA) is 68.0 Å². The number of carbonyl (C=O) groups excluding carboxylic acids is 1. The van der Waals surface area contributed by atoms with Crippen molar-refractivity contribution in [3.05, 3.63) is 66.2 Å². The number of aryl methyl sites for hydroxylation is 1. The molecule has 7 nitrogen and oxygen atoms in total. The lowest BCUT2D eigenvalue weighted by Crippen LogP contribution is -2.42. The Balaban J connectivity index is 1.46. The van der Waals surface area contributed by atoms with Crippen molar-refractivity contribution in [2.75, 3.05) is 25.5 Å². The molecular weight excluding hydrogens is 352 g/mol. The van der Waals surface area contributed by atoms with Crippen molar-refractivity contribution in [2.24, 2.45) is 13.0 Å². The zero-order valence-corrected chi connectivity index (χ0v) is 16.3. The molecule has 1 amide bonds. The Morgan fingerprint density at radius 1 is 1.18 bits per heavy atom. The summed E-state index contributed by atoms with van der Waals surface area (Å²) < 4.78 is 3.72. The Hall–Kier alpha value is -2.93. The standard InChI is InChI=1S/C21H26N6O/c1-25-11-9-18(19(15-25)20-8-10-22-26(20)2)21(28)24-17-12-23-27(14-17)13-16-6-4-3-5-7-16/h3-8,10,12,14,18-19H,9,11,13,15H2,1-2H3,(H,24,28). The average molecular weight is 378 g/mol. The fraction of sp³-hybridized carbons (Fsp3) is 0.381. The van der Waals surface area contributed by atoms with E-state index in [2.05, 4.69) is 39.6 Å². The molecule has 1 N–H and O–H groups in total. The van der Waals surface area contributed by atoms with E-state index in [-0.39, 0.29) is 17.7 Å². The van der Waals surface area contributed by atoms with Crippen LogP contribution in [0.1, 0.15) is 23.6 Å². The normalized spacial score (nSPS) is 20.2. The van der Waals surface area contributed by atoms with Crippen LogP contribution in [-0.4, -0.2) is 50.5 Å². The van der Waals surface area contributed by atoms with Crippen LogP contribution in [0.15, 0.2) is 55.0 Å². The minimum absolute atomic E-state index is 0.0542. The number of likely N-dealkylation sites (tertiary alicyclic amines) is 1. The van der Waals surface area contributed by atoms with E-state index in [4.69, 9.17) is 0 Å². The van der Waals surface area contributed by atoms with Crippen molar-refractivity contribution in [3.63, 3.8) is 0 Å². The van der Waals surface area contributed by atoms with Crippen LogP contribution in [0.5, 0.6) is 0 Å². The van der Waals surface area contributed by atoms with Gasteiger partial charge in [0.05, 0.1) is 18.4 Å². The summed E-state index contributed by atoms with van der Waals surface area (Å²) in [6.45, 7) is 2.45. The highest BCUT2D eigenvalue weighted by atomic mass is 16.1. The molecule has 0 spiro atoms. The summed E-state index contributed by atoms with van der Waals surface area (Å²) in [7, 11) is 4.04. The maximum atomic E-state index is 13.1. The van der Waals surface area contributed by atoms with Crippen LogP contribution < -0.4 is 5.32 Å². The number of benzene rings is 1. The van der Waals surface area contributed by atoms with E-state index in [1.165, 1.54) is 5.56 Å². The zero-order chi connectivity index (χ0) is 19.5. The number of aromatic nitrogens is 4. The summed E-state index contributed by atoms with van der Waals surface area (Å²) >= 11 is 0. The number of carbonyl (C=O) groups is 1. The molecule has 2 unspecified atom stereocenters. The minimum Gasteiger partial charge on any atom is -0.323 e. The number of anilines is 1. The molecule has 0 radical (unpaired) electrons. The maximum absolute atomic E-state index is 13.1. The molecular formula is C21H26N6O. The van der Waals surface area contributed by atoms with Gasteiger partial charge in [-0.15, -0.1) is 0 Å². The molecule has 4 rings (SSSR count). The largest absolute Gasteiger partial charge is 0.323 e. The SMILES string of the molecule is CN1CCC(C(=O)Nc2cnn(Cc3ccccc3)c2)C(c2ccnn2C)C1. The fourth-order valence-corrected chi connectivity index (χ4v) is 4.00. The van der Waals surface area contributed by atoms with Gasteiger partial charge < -0.3 is 10.2 Å². The third-order valence-electron chi connectivity index (χ3n) is 5.48. The van der Waals surface area contributed by atoms with Crippen LogP contribution in [0.25, 0.3) is 0 Å². The van der Waals surface area contributed by atoms with Gasteiger partial charge in [-0.3, -0.25) is 14.2 Å². The van der Waals surface area contributed by atoms with Gasteiger partial charge in [0.25, 0.3) is 0 Å². The van der Waals surface area contributed by atoms with Crippen molar-refractivity contribution in [3.8, 4) is 0 Å². The van der Waals surface area contributed by atoms with Crippen molar-refractivity contribution >= 4 is 11.6 Å². The van der Waals surface area contributed by atoms with Gasteiger partial charge in [-0.25, -0.2) is 0 Å². The Morgan fingerprint density at radius 2 is 2.00 bits per heavy atom. The van der Waals surface area contributed by atoms with Gasteiger partial charge in [0.15, 0.2) is 0 Å². The molecule has 0 bridgehead atoms. The molecule has 2 aromatic heterocycles. The second-order valence-corrected chi connectivity index (χ2v) is 7.55. The van der Waals surface area contributed by atoms with Crippen LogP contribution in [0.4, 0.5) is 5.69 Å². The lowest BCUT2D eigenvalue weighted by Gasteiger charge is -2.35. The first-order valence-electron chi connectivity index (χ1n) is 9.64. The second-order valence-electron chi connectivity index (χ2n) is 7.55. The van der Waals surface area contributed by atoms with E-state index in [1.807, 2.05) is 46.9 Å². The van der Waals surface area contributed by atoms with Gasteiger partial charge in [0.1, 0.15) is 0 Å². The zero-order valence-electron chi connectivity index (χ0n) is 16.3. The van der Waals surface area contributed by atoms with Gasteiger partial charge in [0, 0.05) is 43.5 Å². The van der Waals surface area contributed by atoms with Crippen molar-refractivity contribution < 1.29 is 4.79 Å². The molecule has 1 saturated heterocycles. The number of hydrogen-bond acceptors (Lipinski definition) is 4. The predicted octanol–water partition coefficient (Wildman–Crippen LogP) is 2.34. The Kier molecular flexibility index (Phi) is 5.25. The summed E-state index contributed by atoms with van der Waals surface area (Å²) in [4.78, 5) is 15.3. The summed E-state index contributed by atoms with van der Waals surface area (Å²) in [5.41, 5.74) is 3.02. The number of nitrogens with one attached hydrogen (secondary N) is 1. The highest BCUT2D eigenvalue weighted by molar-refractivity contribution is 5.93. The molecule has 7 heteroatoms. The molecule has 1 fully saturated rings. The molecule has 28 heavy (non-hydrogen) atoms. The van der Waals surface area contributed by atoms with Crippen molar-refractivity contribution in [1.29, 1.82) is 0 Å². The van der Waals surface area contributed by atoms with Gasteiger partial charge in [0.2, 0.25) is 5.91 Å². The van der Waals surface area contributed by atoms with Crippen LogP contribution in [0.3, 0.4) is 0 Å². The Morgan fingerprint density at radius 3 is 2.75 bits per heavy atom. The smallest absolute Gasteiger partial charge is 0.228 e. The third-order valence-corrected chi connectivity index (χ3v) is 5.48. The lowest BCUT2D eigenvalue weighted by atomic mass is 9.82. The van der Waals surface area contributed by atoms with E-state index >= 15 is 0 Å². The molecule has 1 aromatic carbocycles. The van der Waals surface area contributed by atoms with Gasteiger partial charge in [-0.2, -0.15) is 10.2 Å². The first-order chi connectivity index (χ1) is 13.6. The fourth-order valence-electron chi connectivity index (χ4n) is 4.00. The van der Waals surface area contributed by atoms with Crippen LogP contribution in [0, 0.1) is 5.92 Å². The van der Waals surface area contributed by atoms with E-state index < -0.39 is 0 Å². The molecule has 3 aromatic rings. The second kappa shape index (κ2) is 7.98. The van der Waals surface area contributed by atoms with Crippen LogP contribution in [0.2, 0.25) is 0 Å². The van der Waals surface area contributed by atoms with Gasteiger partial charge in [-0.1, -0.05) is 30.3 Å². The monoisotopic (exact) mass is 378 g/mol. The molecule has 1 aliphatic heterocycles. The predicted molar refractivity (Wildman–Crippen MR) is 108 cm³/mol. The average Bonchev–Trinajstić information content (AvgIpc) is 3.31. The number of likely N-dealkylation sites (N-methyl/N-ethyl adjacent to an activating group) is 1. The lowest BCUT2D eigenvalue weighted by molar-refractivity contribution is -0.121. The maximum Gasteiger partial charge on any atom is 0.228 e. The summed E-state index contributed by atoms with van der Waals surface area (Å²) in [6, 6.07) is 12.2. The Bertz CT molecular complexity index is 931. The molecule has 2 atom stereocenters. The summed E-state index contributed by atoms with van der Waals surface area (Å²) in [5.74, 6) is 0.105. The molecule has 1 aliphatic rings. The highest BCUT2D eigenvalue weighted by Gasteiger charge is 2.35. The molecule has 146 valence electrons. The van der Waals surface area contributed by atoms with Gasteiger partial charge >= 0.3 is 0 Å². The Labute approximate surface area is 165 Å². The van der Waals surface area contributed by atoms with Crippen molar-refractivity contribution in [2.45, 2.75) is 18.9 Å². The number of hydrogen-bond donors (Lipinski definition) is 1. The van der Waals surface area contributed by atoms with Crippen LogP contribution in [-0.2, 0) is 18.4 Å². The van der Waals surface area contributed by atoms with E-state index in [0.29, 0.717) is 6.54 Å². The van der Waals surface area contributed by atoms with E-state index in [9.17, 15) is 4.79 Å². The van der Waals surface area contributed by atoms with Crippen molar-refractivity contribution in [1.82, 2.24) is 24.5 Å². The number of nitrogens with zero attached hydrogens (tertiary/aromatic N) is 5. The van der Waals surface area contributed by atoms with Gasteiger partial charge in [-0.05, 0) is 31.6 Å². The molecule has 0 aliphatic carbocycles. The molecule has 3 heterocycles. The quantitative estimate of drug-likeness (QED) is 0.740. The minimum atomic E-state index is -0.0796. The highest BCUT2D eigenvalue weighted by Crippen LogP contribution is 2.32. The first kappa shape index (κ1) is 18.4. The summed E-state index contributed by atoms with van der Waals surface area (Å²) in [5, 5.41) is 11.7. The number of rotatable bonds is 5. The van der Waals surface area contributed by atoms with E-state index in [0.717, 1.165) is 30.9 Å². The third kappa shape index (κ3) is 3.99. The van der Waals surface area contributed by atoms with Crippen LogP contribution >= 0.6 is 0 Å². The summed E-state index contributed by atoms with van der Waals surface area (Å²) in [6.07, 6.45) is 6.23. The number of amides is 1. The first-order valence-corrected chi connectivity index (χ1v) is 9.64. The number of piperidine rings is 1.